The fourth-order valence-corrected chi connectivity index (χ4v) is 9.71. The highest BCUT2D eigenvalue weighted by molar-refractivity contribution is 5.53. The van der Waals surface area contributed by atoms with Crippen LogP contribution in [0.25, 0.3) is 0 Å². The lowest BCUT2D eigenvalue weighted by Gasteiger charge is -2.61. The lowest BCUT2D eigenvalue weighted by Crippen LogP contribution is -2.61. The fraction of sp³-hybridized carbons (Fsp3) is 0.686. The van der Waals surface area contributed by atoms with Gasteiger partial charge in [0.05, 0.1) is 6.20 Å². The maximum Gasteiger partial charge on any atom is 0.250 e. The van der Waals surface area contributed by atoms with Crippen molar-refractivity contribution in [2.75, 3.05) is 30.3 Å². The van der Waals surface area contributed by atoms with Gasteiger partial charge in [-0.2, -0.15) is 10.2 Å². The summed E-state index contributed by atoms with van der Waals surface area (Å²) in [5.41, 5.74) is 3.18. The van der Waals surface area contributed by atoms with Crippen LogP contribution in [0.4, 0.5) is 20.5 Å². The van der Waals surface area contributed by atoms with Crippen LogP contribution in [0.15, 0.2) is 30.5 Å². The van der Waals surface area contributed by atoms with E-state index in [0.29, 0.717) is 66.9 Å². The van der Waals surface area contributed by atoms with Crippen molar-refractivity contribution in [2.45, 2.75) is 108 Å². The van der Waals surface area contributed by atoms with Gasteiger partial charge in [-0.1, -0.05) is 24.3 Å². The number of nitrogens with one attached hydrogen (secondary N) is 3. The summed E-state index contributed by atoms with van der Waals surface area (Å²) in [7, 11) is 0. The molecule has 5 atom stereocenters. The third-order valence-electron chi connectivity index (χ3n) is 11.8. The van der Waals surface area contributed by atoms with Gasteiger partial charge in [0.25, 0.3) is 5.92 Å². The van der Waals surface area contributed by atoms with E-state index in [0.717, 1.165) is 38.1 Å². The third-order valence-corrected chi connectivity index (χ3v) is 11.8. The summed E-state index contributed by atoms with van der Waals surface area (Å²) < 4.78 is 27.3. The summed E-state index contributed by atoms with van der Waals surface area (Å²) in [4.78, 5) is 11.5. The zero-order valence-electron chi connectivity index (χ0n) is 26.0. The Morgan fingerprint density at radius 3 is 2.43 bits per heavy atom. The predicted molar refractivity (Wildman–Crippen MR) is 168 cm³/mol. The Labute approximate surface area is 260 Å². The molecule has 0 spiro atoms. The lowest BCUT2D eigenvalue weighted by molar-refractivity contribution is -0.0760. The van der Waals surface area contributed by atoms with Crippen molar-refractivity contribution in [3.8, 4) is 6.07 Å². The predicted octanol–water partition coefficient (Wildman–Crippen LogP) is 6.51. The molecular formula is C35H47F2N7. The molecule has 236 valence electrons. The van der Waals surface area contributed by atoms with E-state index in [-0.39, 0.29) is 18.3 Å². The largest absolute Gasteiger partial charge is 0.368 e. The van der Waals surface area contributed by atoms with Crippen LogP contribution in [-0.2, 0) is 6.54 Å². The molecule has 1 aromatic heterocycles. The van der Waals surface area contributed by atoms with Crippen molar-refractivity contribution in [1.82, 2.24) is 20.2 Å². The van der Waals surface area contributed by atoms with E-state index in [1.54, 1.807) is 6.20 Å². The molecule has 1 unspecified atom stereocenters. The highest BCUT2D eigenvalue weighted by atomic mass is 19.3. The highest BCUT2D eigenvalue weighted by Crippen LogP contribution is 2.60. The molecule has 2 aromatic rings. The Hall–Kier alpha value is -2.83. The van der Waals surface area contributed by atoms with Gasteiger partial charge >= 0.3 is 0 Å². The van der Waals surface area contributed by atoms with Crippen molar-refractivity contribution in [3.05, 3.63) is 47.2 Å². The van der Waals surface area contributed by atoms with Gasteiger partial charge in [0.2, 0.25) is 5.95 Å². The Bertz CT molecular complexity index is 1340. The SMILES string of the molecule is Cc1ccccc1CNc1ncc(C#N)c(NC[C@]23CC4C[C@H](C2)[C@@H](NC2CCC(N5CCC(F)(F)CC5)CC2)[C@@H](C4)C3)n1. The second-order valence-electron chi connectivity index (χ2n) is 14.8. The molecule has 5 saturated carbocycles. The summed E-state index contributed by atoms with van der Waals surface area (Å²) in [6, 6.07) is 12.2. The molecule has 7 nitrogen and oxygen atoms in total. The van der Waals surface area contributed by atoms with Crippen LogP contribution in [0.5, 0.6) is 0 Å². The van der Waals surface area contributed by atoms with Crippen LogP contribution in [0.1, 0.15) is 87.3 Å². The number of halogens is 2. The summed E-state index contributed by atoms with van der Waals surface area (Å²) in [5.74, 6) is 0.921. The van der Waals surface area contributed by atoms with Crippen LogP contribution < -0.4 is 16.0 Å². The van der Waals surface area contributed by atoms with Crippen molar-refractivity contribution in [2.24, 2.45) is 23.2 Å². The number of aromatic nitrogens is 2. The first-order valence-electron chi connectivity index (χ1n) is 17.0. The number of nitriles is 1. The Morgan fingerprint density at radius 1 is 1.00 bits per heavy atom. The molecule has 6 aliphatic rings. The van der Waals surface area contributed by atoms with Crippen LogP contribution in [0.2, 0.25) is 0 Å². The average molecular weight is 604 g/mol. The average Bonchev–Trinajstić information content (AvgIpc) is 3.01. The number of alkyl halides is 2. The van der Waals surface area contributed by atoms with Gasteiger partial charge < -0.3 is 16.0 Å². The fourth-order valence-electron chi connectivity index (χ4n) is 9.71. The topological polar surface area (TPSA) is 88.9 Å². The number of aryl methyl sites for hydroxylation is 1. The molecule has 0 radical (unpaired) electrons. The second-order valence-corrected chi connectivity index (χ2v) is 14.8. The minimum Gasteiger partial charge on any atom is -0.368 e. The van der Waals surface area contributed by atoms with Crippen molar-refractivity contribution >= 4 is 11.8 Å². The third kappa shape index (κ3) is 6.30. The number of piperidine rings is 1. The number of nitrogens with zero attached hydrogens (tertiary/aromatic N) is 4. The zero-order chi connectivity index (χ0) is 30.3. The molecule has 1 aliphatic heterocycles. The van der Waals surface area contributed by atoms with Crippen LogP contribution in [0.3, 0.4) is 0 Å². The molecule has 5 aliphatic carbocycles. The molecule has 1 aromatic carbocycles. The standard InChI is InChI=1S/C35H47F2N7/c1-23-4-2-3-5-25(23)20-39-33-40-21-28(19-38)32(43-33)41-22-34-16-24-14-26(17-34)31(27(15-24)18-34)42-29-6-8-30(9-7-29)44-12-10-35(36,37)11-13-44/h2-5,21,24,26-27,29-31,42H,6-18,20,22H2,1H3,(H2,39,40,41,43)/t24?,26-,27+,29?,30?,31-,34-. The van der Waals surface area contributed by atoms with Crippen LogP contribution >= 0.6 is 0 Å². The number of rotatable bonds is 9. The van der Waals surface area contributed by atoms with E-state index in [1.807, 2.05) is 12.1 Å². The number of anilines is 2. The Balaban J connectivity index is 0.939. The van der Waals surface area contributed by atoms with E-state index < -0.39 is 5.92 Å². The monoisotopic (exact) mass is 603 g/mol. The minimum atomic E-state index is -2.46. The normalized spacial score (nSPS) is 34.4. The molecule has 6 fully saturated rings. The van der Waals surface area contributed by atoms with Crippen molar-refractivity contribution in [1.29, 1.82) is 5.26 Å². The number of likely N-dealkylation sites (tertiary alicyclic amines) is 1. The van der Waals surface area contributed by atoms with Gasteiger partial charge in [-0.25, -0.2) is 13.8 Å². The number of hydrogen-bond acceptors (Lipinski definition) is 7. The zero-order valence-corrected chi connectivity index (χ0v) is 26.0. The smallest absolute Gasteiger partial charge is 0.250 e. The number of hydrogen-bond donors (Lipinski definition) is 3. The molecule has 44 heavy (non-hydrogen) atoms. The van der Waals surface area contributed by atoms with E-state index in [1.165, 1.54) is 43.2 Å². The van der Waals surface area contributed by atoms with Gasteiger partial charge in [-0.15, -0.1) is 0 Å². The molecule has 9 heteroatoms. The van der Waals surface area contributed by atoms with Gasteiger partial charge in [0.15, 0.2) is 0 Å². The van der Waals surface area contributed by atoms with Gasteiger partial charge in [-0.05, 0) is 99.0 Å². The summed E-state index contributed by atoms with van der Waals surface area (Å²) in [6.45, 7) is 4.70. The maximum absolute atomic E-state index is 13.7. The molecule has 4 bridgehead atoms. The lowest BCUT2D eigenvalue weighted by atomic mass is 9.47. The summed E-state index contributed by atoms with van der Waals surface area (Å²) in [6.07, 6.45) is 12.6. The van der Waals surface area contributed by atoms with E-state index >= 15 is 0 Å². The first kappa shape index (κ1) is 29.9. The van der Waals surface area contributed by atoms with Crippen LogP contribution in [-0.4, -0.2) is 58.6 Å². The number of benzene rings is 1. The highest BCUT2D eigenvalue weighted by Gasteiger charge is 2.55. The molecule has 2 heterocycles. The molecule has 3 N–H and O–H groups in total. The Kier molecular flexibility index (Phi) is 8.26. The molecular weight excluding hydrogens is 556 g/mol. The minimum absolute atomic E-state index is 0.0233. The van der Waals surface area contributed by atoms with Crippen LogP contribution in [0, 0.1) is 41.4 Å². The van der Waals surface area contributed by atoms with E-state index in [9.17, 15) is 14.0 Å². The first-order valence-corrected chi connectivity index (χ1v) is 17.0. The van der Waals surface area contributed by atoms with E-state index in [2.05, 4.69) is 51.0 Å². The van der Waals surface area contributed by atoms with Gasteiger partial charge in [0, 0.05) is 57.1 Å². The Morgan fingerprint density at radius 2 is 1.73 bits per heavy atom. The summed E-state index contributed by atoms with van der Waals surface area (Å²) >= 11 is 0. The van der Waals surface area contributed by atoms with Gasteiger partial charge in [0.1, 0.15) is 17.5 Å². The van der Waals surface area contributed by atoms with Crippen molar-refractivity contribution < 1.29 is 8.78 Å². The van der Waals surface area contributed by atoms with E-state index in [4.69, 9.17) is 4.98 Å². The maximum atomic E-state index is 13.7. The molecule has 8 rings (SSSR count). The second kappa shape index (κ2) is 12.2. The quantitative estimate of drug-likeness (QED) is 0.301. The molecule has 1 saturated heterocycles. The molecule has 0 amide bonds. The van der Waals surface area contributed by atoms with Gasteiger partial charge in [-0.3, -0.25) is 4.90 Å². The first-order chi connectivity index (χ1) is 21.3. The summed E-state index contributed by atoms with van der Waals surface area (Å²) in [5, 5.41) is 20.9. The van der Waals surface area contributed by atoms with Crippen molar-refractivity contribution in [3.63, 3.8) is 0 Å².